The van der Waals surface area contributed by atoms with Crippen molar-refractivity contribution in [3.8, 4) is 0 Å². The van der Waals surface area contributed by atoms with E-state index in [-0.39, 0.29) is 5.91 Å². The van der Waals surface area contributed by atoms with E-state index >= 15 is 0 Å². The molecule has 3 nitrogen and oxygen atoms in total. The molecule has 0 atom stereocenters. The van der Waals surface area contributed by atoms with Crippen molar-refractivity contribution >= 4 is 5.91 Å². The van der Waals surface area contributed by atoms with Crippen LogP contribution in [0.15, 0.2) is 24.3 Å². The van der Waals surface area contributed by atoms with Crippen LogP contribution in [0.5, 0.6) is 0 Å². The zero-order chi connectivity index (χ0) is 16.1. The van der Waals surface area contributed by atoms with E-state index in [1.54, 1.807) is 0 Å². The van der Waals surface area contributed by atoms with Gasteiger partial charge in [-0.05, 0) is 24.1 Å². The second-order valence-corrected chi connectivity index (χ2v) is 4.80. The molecule has 3 heteroatoms. The Bertz CT molecular complexity index is 385. The fourth-order valence-electron chi connectivity index (χ4n) is 1.97. The Labute approximate surface area is 130 Å². The third kappa shape index (κ3) is 7.28. The number of aryl methyl sites for hydroxylation is 1. The Balaban J connectivity index is 0.000000713. The zero-order valence-electron chi connectivity index (χ0n) is 14.4. The summed E-state index contributed by atoms with van der Waals surface area (Å²) < 4.78 is 0. The topological polar surface area (TPSA) is 32.3 Å². The van der Waals surface area contributed by atoms with Crippen molar-refractivity contribution < 1.29 is 4.79 Å². The van der Waals surface area contributed by atoms with Gasteiger partial charge in [0.15, 0.2) is 0 Å². The molecule has 0 spiro atoms. The highest BCUT2D eigenvalue weighted by atomic mass is 16.2. The van der Waals surface area contributed by atoms with Crippen molar-refractivity contribution in [1.29, 1.82) is 0 Å². The van der Waals surface area contributed by atoms with Crippen LogP contribution in [0, 0.1) is 0 Å². The lowest BCUT2D eigenvalue weighted by Crippen LogP contribution is -2.46. The summed E-state index contributed by atoms with van der Waals surface area (Å²) in [6.45, 7) is 13.8. The smallest absolute Gasteiger partial charge is 0.253 e. The summed E-state index contributed by atoms with van der Waals surface area (Å²) >= 11 is 0. The van der Waals surface area contributed by atoms with E-state index in [1.807, 2.05) is 36.9 Å². The molecule has 0 radical (unpaired) electrons. The van der Waals surface area contributed by atoms with Gasteiger partial charge >= 0.3 is 0 Å². The molecule has 1 N–H and O–H groups in total. The Kier molecular flexibility index (Phi) is 11.6. The van der Waals surface area contributed by atoms with E-state index in [1.165, 1.54) is 12.0 Å². The van der Waals surface area contributed by atoms with Gasteiger partial charge in [-0.1, -0.05) is 53.2 Å². The van der Waals surface area contributed by atoms with Crippen LogP contribution in [0.3, 0.4) is 0 Å². The fourth-order valence-corrected chi connectivity index (χ4v) is 1.97. The van der Waals surface area contributed by atoms with Crippen molar-refractivity contribution in [3.05, 3.63) is 35.4 Å². The van der Waals surface area contributed by atoms with Crippen LogP contribution in [-0.2, 0) is 6.42 Å². The van der Waals surface area contributed by atoms with Gasteiger partial charge in [-0.2, -0.15) is 0 Å². The number of rotatable bonds is 2. The summed E-state index contributed by atoms with van der Waals surface area (Å²) in [7, 11) is 0. The number of piperazine rings is 1. The van der Waals surface area contributed by atoms with E-state index < -0.39 is 0 Å². The van der Waals surface area contributed by atoms with Crippen LogP contribution >= 0.6 is 0 Å². The van der Waals surface area contributed by atoms with Gasteiger partial charge in [-0.3, -0.25) is 4.79 Å². The van der Waals surface area contributed by atoms with Crippen molar-refractivity contribution in [2.45, 2.75) is 47.5 Å². The standard InChI is InChI=1S/C13H18N2O.C3H8.C2H6/c1-2-11-4-3-5-12(10-11)13(16)15-8-6-14-7-9-15;1-3-2;1-2/h3-5,10,14H,2,6-9H2,1H3;3H2,1-2H3;1-2H3. The fraction of sp³-hybridized carbons (Fsp3) is 0.611. The first kappa shape index (κ1) is 19.7. The minimum Gasteiger partial charge on any atom is -0.336 e. The Hall–Kier alpha value is -1.35. The van der Waals surface area contributed by atoms with Gasteiger partial charge in [0.1, 0.15) is 0 Å². The number of nitrogens with zero attached hydrogens (tertiary/aromatic N) is 1. The summed E-state index contributed by atoms with van der Waals surface area (Å²) in [4.78, 5) is 14.1. The highest BCUT2D eigenvalue weighted by Gasteiger charge is 2.17. The second kappa shape index (κ2) is 12.4. The van der Waals surface area contributed by atoms with Gasteiger partial charge in [-0.15, -0.1) is 0 Å². The maximum absolute atomic E-state index is 12.2. The minimum atomic E-state index is 0.164. The van der Waals surface area contributed by atoms with Gasteiger partial charge in [0.25, 0.3) is 5.91 Å². The maximum Gasteiger partial charge on any atom is 0.253 e. The van der Waals surface area contributed by atoms with E-state index in [4.69, 9.17) is 0 Å². The summed E-state index contributed by atoms with van der Waals surface area (Å²) in [6, 6.07) is 7.94. The third-order valence-electron chi connectivity index (χ3n) is 2.99. The summed E-state index contributed by atoms with van der Waals surface area (Å²) in [6.07, 6.45) is 2.22. The van der Waals surface area contributed by atoms with Crippen LogP contribution in [-0.4, -0.2) is 37.0 Å². The first-order chi connectivity index (χ1) is 10.2. The monoisotopic (exact) mass is 292 g/mol. The lowest BCUT2D eigenvalue weighted by atomic mass is 10.1. The van der Waals surface area contributed by atoms with E-state index in [0.717, 1.165) is 38.2 Å². The molecule has 2 rings (SSSR count). The molecule has 1 saturated heterocycles. The van der Waals surface area contributed by atoms with Crippen LogP contribution in [0.1, 0.15) is 57.0 Å². The molecule has 0 aliphatic carbocycles. The molecular formula is C18H32N2O. The molecule has 1 fully saturated rings. The first-order valence-corrected chi connectivity index (χ1v) is 8.31. The first-order valence-electron chi connectivity index (χ1n) is 8.31. The normalized spacial score (nSPS) is 13.5. The molecule has 1 aromatic rings. The lowest BCUT2D eigenvalue weighted by Gasteiger charge is -2.27. The number of benzene rings is 1. The molecule has 120 valence electrons. The van der Waals surface area contributed by atoms with Gasteiger partial charge in [-0.25, -0.2) is 0 Å². The Morgan fingerprint density at radius 1 is 1.14 bits per heavy atom. The van der Waals surface area contributed by atoms with Crippen LogP contribution in [0.25, 0.3) is 0 Å². The van der Waals surface area contributed by atoms with Gasteiger partial charge < -0.3 is 10.2 Å². The molecule has 0 saturated carbocycles. The Morgan fingerprint density at radius 3 is 2.24 bits per heavy atom. The number of amides is 1. The third-order valence-corrected chi connectivity index (χ3v) is 2.99. The molecule has 1 amide bonds. The summed E-state index contributed by atoms with van der Waals surface area (Å²) in [5.41, 5.74) is 2.04. The van der Waals surface area contributed by atoms with Gasteiger partial charge in [0, 0.05) is 31.7 Å². The average Bonchev–Trinajstić information content (AvgIpc) is 2.57. The predicted molar refractivity (Wildman–Crippen MR) is 91.9 cm³/mol. The SMILES string of the molecule is CC.CCC.CCc1cccc(C(=O)N2CCNCC2)c1. The summed E-state index contributed by atoms with van der Waals surface area (Å²) in [5, 5.41) is 3.25. The van der Waals surface area contributed by atoms with Crippen LogP contribution in [0.2, 0.25) is 0 Å². The molecule has 21 heavy (non-hydrogen) atoms. The maximum atomic E-state index is 12.2. The minimum absolute atomic E-state index is 0.164. The largest absolute Gasteiger partial charge is 0.336 e. The molecule has 1 aromatic carbocycles. The number of nitrogens with one attached hydrogen (secondary N) is 1. The van der Waals surface area contributed by atoms with Crippen molar-refractivity contribution in [2.75, 3.05) is 26.2 Å². The van der Waals surface area contributed by atoms with Crippen LogP contribution < -0.4 is 5.32 Å². The van der Waals surface area contributed by atoms with E-state index in [9.17, 15) is 4.79 Å². The van der Waals surface area contributed by atoms with E-state index in [2.05, 4.69) is 32.2 Å². The number of carbonyl (C=O) groups excluding carboxylic acids is 1. The molecule has 1 heterocycles. The van der Waals surface area contributed by atoms with Crippen molar-refractivity contribution in [3.63, 3.8) is 0 Å². The van der Waals surface area contributed by atoms with Crippen molar-refractivity contribution in [1.82, 2.24) is 10.2 Å². The second-order valence-electron chi connectivity index (χ2n) is 4.80. The zero-order valence-corrected chi connectivity index (χ0v) is 14.4. The molecular weight excluding hydrogens is 260 g/mol. The number of hydrogen-bond donors (Lipinski definition) is 1. The van der Waals surface area contributed by atoms with Crippen LogP contribution in [0.4, 0.5) is 0 Å². The molecule has 0 unspecified atom stereocenters. The molecule has 1 aliphatic heterocycles. The summed E-state index contributed by atoms with van der Waals surface area (Å²) in [5.74, 6) is 0.164. The van der Waals surface area contributed by atoms with Crippen molar-refractivity contribution in [2.24, 2.45) is 0 Å². The Morgan fingerprint density at radius 2 is 1.71 bits per heavy atom. The average molecular weight is 292 g/mol. The molecule has 0 bridgehead atoms. The quantitative estimate of drug-likeness (QED) is 0.900. The van der Waals surface area contributed by atoms with Gasteiger partial charge in [0.2, 0.25) is 0 Å². The molecule has 0 aromatic heterocycles. The number of carbonyl (C=O) groups is 1. The number of hydrogen-bond acceptors (Lipinski definition) is 2. The highest BCUT2D eigenvalue weighted by molar-refractivity contribution is 5.94. The van der Waals surface area contributed by atoms with E-state index in [0.29, 0.717) is 0 Å². The molecule has 1 aliphatic rings. The predicted octanol–water partition coefficient (Wildman–Crippen LogP) is 3.74. The van der Waals surface area contributed by atoms with Gasteiger partial charge in [0.05, 0.1) is 0 Å². The lowest BCUT2D eigenvalue weighted by molar-refractivity contribution is 0.0735. The highest BCUT2D eigenvalue weighted by Crippen LogP contribution is 2.09.